The predicted molar refractivity (Wildman–Crippen MR) is 122 cm³/mol. The van der Waals surface area contributed by atoms with E-state index in [9.17, 15) is 14.9 Å². The molecule has 156 valence electrons. The maximum atomic E-state index is 13.0. The minimum absolute atomic E-state index is 0.00744. The molecule has 0 fully saturated rings. The maximum Gasteiger partial charge on any atom is 0.270 e. The van der Waals surface area contributed by atoms with Crippen molar-refractivity contribution in [2.45, 2.75) is 13.3 Å². The quantitative estimate of drug-likeness (QED) is 0.305. The van der Waals surface area contributed by atoms with Gasteiger partial charge in [-0.3, -0.25) is 19.8 Å². The minimum atomic E-state index is -0.450. The Bertz CT molecular complexity index is 1090. The van der Waals surface area contributed by atoms with Crippen molar-refractivity contribution in [1.82, 2.24) is 9.88 Å². The summed E-state index contributed by atoms with van der Waals surface area (Å²) in [5, 5.41) is 11.6. The maximum absolute atomic E-state index is 13.0. The van der Waals surface area contributed by atoms with Crippen molar-refractivity contribution in [1.29, 1.82) is 0 Å². The van der Waals surface area contributed by atoms with E-state index in [1.54, 1.807) is 23.1 Å². The van der Waals surface area contributed by atoms with Gasteiger partial charge in [0.05, 0.1) is 15.1 Å². The number of carbonyl (C=O) groups excluding carboxylic acids is 1. The molecule has 0 aliphatic rings. The smallest absolute Gasteiger partial charge is 0.270 e. The Balaban J connectivity index is 1.88. The zero-order valence-electron chi connectivity index (χ0n) is 17.2. The third-order valence-corrected chi connectivity index (χ3v) is 5.66. The first-order valence-electron chi connectivity index (χ1n) is 9.65. The molecule has 3 aromatic rings. The topological polar surface area (TPSA) is 79.6 Å². The molecule has 0 bridgehead atoms. The van der Waals surface area contributed by atoms with E-state index in [-0.39, 0.29) is 11.6 Å². The zero-order valence-corrected chi connectivity index (χ0v) is 18.1. The first-order chi connectivity index (χ1) is 14.4. The van der Waals surface area contributed by atoms with E-state index in [1.165, 1.54) is 35.1 Å². The Morgan fingerprint density at radius 3 is 2.70 bits per heavy atom. The van der Waals surface area contributed by atoms with E-state index < -0.39 is 4.92 Å². The molecule has 30 heavy (non-hydrogen) atoms. The first-order valence-corrected chi connectivity index (χ1v) is 10.5. The second-order valence-corrected chi connectivity index (χ2v) is 8.14. The van der Waals surface area contributed by atoms with E-state index in [4.69, 9.17) is 0 Å². The van der Waals surface area contributed by atoms with Crippen LogP contribution in [0, 0.1) is 10.1 Å². The molecule has 3 rings (SSSR count). The number of non-ortho nitro benzene ring substituents is 1. The van der Waals surface area contributed by atoms with Crippen LogP contribution in [0.1, 0.15) is 18.1 Å². The van der Waals surface area contributed by atoms with Gasteiger partial charge in [0.1, 0.15) is 0 Å². The SMILES string of the molecule is CCc1ccc2nc(N(CCN(C)C)C(=O)/C=C/c3cccc([N+](=O)[O-])c3)sc2c1. The number of nitro groups is 1. The van der Waals surface area contributed by atoms with Gasteiger partial charge in [0.2, 0.25) is 0 Å². The number of hydrogen-bond donors (Lipinski definition) is 0. The number of fused-ring (bicyclic) bond motifs is 1. The van der Waals surface area contributed by atoms with Crippen LogP contribution in [0.3, 0.4) is 0 Å². The summed E-state index contributed by atoms with van der Waals surface area (Å²) in [4.78, 5) is 31.8. The second kappa shape index (κ2) is 9.60. The molecule has 0 aliphatic carbocycles. The number of thiazole rings is 1. The van der Waals surface area contributed by atoms with E-state index in [0.717, 1.165) is 16.6 Å². The van der Waals surface area contributed by atoms with Crippen LogP contribution in [-0.2, 0) is 11.2 Å². The molecule has 2 aromatic carbocycles. The van der Waals surface area contributed by atoms with Crippen LogP contribution in [-0.4, -0.2) is 47.9 Å². The Labute approximate surface area is 179 Å². The summed E-state index contributed by atoms with van der Waals surface area (Å²) < 4.78 is 1.05. The van der Waals surface area contributed by atoms with E-state index in [0.29, 0.717) is 23.8 Å². The highest BCUT2D eigenvalue weighted by molar-refractivity contribution is 7.22. The van der Waals surface area contributed by atoms with Gasteiger partial charge in [-0.05, 0) is 49.9 Å². The number of likely N-dealkylation sites (N-methyl/N-ethyl adjacent to an activating group) is 1. The Kier molecular flexibility index (Phi) is 6.91. The lowest BCUT2D eigenvalue weighted by Gasteiger charge is -2.20. The average molecular weight is 425 g/mol. The van der Waals surface area contributed by atoms with Gasteiger partial charge in [-0.15, -0.1) is 0 Å². The van der Waals surface area contributed by atoms with Crippen LogP contribution < -0.4 is 4.90 Å². The van der Waals surface area contributed by atoms with Crippen LogP contribution in [0.15, 0.2) is 48.5 Å². The highest BCUT2D eigenvalue weighted by Gasteiger charge is 2.18. The Morgan fingerprint density at radius 2 is 2.00 bits per heavy atom. The number of aryl methyl sites for hydroxylation is 1. The highest BCUT2D eigenvalue weighted by Crippen LogP contribution is 2.30. The van der Waals surface area contributed by atoms with Gasteiger partial charge in [0, 0.05) is 31.3 Å². The molecule has 0 atom stereocenters. The average Bonchev–Trinajstić information content (AvgIpc) is 3.15. The zero-order chi connectivity index (χ0) is 21.7. The largest absolute Gasteiger partial charge is 0.308 e. The summed E-state index contributed by atoms with van der Waals surface area (Å²) in [6.45, 7) is 3.28. The normalized spacial score (nSPS) is 11.5. The van der Waals surface area contributed by atoms with Gasteiger partial charge in [0.25, 0.3) is 11.6 Å². The van der Waals surface area contributed by atoms with Gasteiger partial charge >= 0.3 is 0 Å². The van der Waals surface area contributed by atoms with Crippen molar-refractivity contribution in [2.75, 3.05) is 32.1 Å². The lowest BCUT2D eigenvalue weighted by atomic mass is 10.2. The number of carbonyl (C=O) groups is 1. The number of hydrogen-bond acceptors (Lipinski definition) is 6. The summed E-state index contributed by atoms with van der Waals surface area (Å²) in [6.07, 6.45) is 3.98. The molecule has 0 N–H and O–H groups in total. The molecule has 0 saturated heterocycles. The fraction of sp³-hybridized carbons (Fsp3) is 0.273. The van der Waals surface area contributed by atoms with Crippen LogP contribution in [0.4, 0.5) is 10.8 Å². The van der Waals surface area contributed by atoms with Crippen molar-refractivity contribution in [2.24, 2.45) is 0 Å². The Morgan fingerprint density at radius 1 is 1.20 bits per heavy atom. The molecule has 0 saturated carbocycles. The molecule has 0 radical (unpaired) electrons. The molecule has 1 aromatic heterocycles. The standard InChI is InChI=1S/C22H24N4O3S/c1-4-16-8-10-19-20(15-16)30-22(23-19)25(13-12-24(2)3)21(27)11-9-17-6-5-7-18(14-17)26(28)29/h5-11,14-15H,4,12-13H2,1-3H3/b11-9+. The summed E-state index contributed by atoms with van der Waals surface area (Å²) in [7, 11) is 3.90. The first kappa shape index (κ1) is 21.6. The van der Waals surface area contributed by atoms with Gasteiger partial charge in [-0.1, -0.05) is 36.5 Å². The number of aromatic nitrogens is 1. The van der Waals surface area contributed by atoms with Crippen LogP contribution in [0.2, 0.25) is 0 Å². The van der Waals surface area contributed by atoms with Gasteiger partial charge < -0.3 is 4.90 Å². The van der Waals surface area contributed by atoms with Gasteiger partial charge in [-0.2, -0.15) is 0 Å². The fourth-order valence-electron chi connectivity index (χ4n) is 2.89. The van der Waals surface area contributed by atoms with Crippen molar-refractivity contribution < 1.29 is 9.72 Å². The molecule has 0 unspecified atom stereocenters. The number of nitro benzene ring substituents is 1. The number of amides is 1. The van der Waals surface area contributed by atoms with E-state index in [2.05, 4.69) is 24.0 Å². The number of benzene rings is 2. The highest BCUT2D eigenvalue weighted by atomic mass is 32.1. The lowest BCUT2D eigenvalue weighted by Crippen LogP contribution is -2.35. The Hall–Kier alpha value is -3.10. The van der Waals surface area contributed by atoms with Gasteiger partial charge in [0.15, 0.2) is 5.13 Å². The number of anilines is 1. The van der Waals surface area contributed by atoms with Crippen LogP contribution >= 0.6 is 11.3 Å². The molecular weight excluding hydrogens is 400 g/mol. The second-order valence-electron chi connectivity index (χ2n) is 7.13. The molecule has 8 heteroatoms. The number of nitrogens with zero attached hydrogens (tertiary/aromatic N) is 4. The summed E-state index contributed by atoms with van der Waals surface area (Å²) in [5.74, 6) is -0.210. The molecule has 1 heterocycles. The van der Waals surface area contributed by atoms with Crippen molar-refractivity contribution >= 4 is 44.4 Å². The monoisotopic (exact) mass is 424 g/mol. The summed E-state index contributed by atoms with van der Waals surface area (Å²) in [6, 6.07) is 12.4. The molecule has 0 aliphatic heterocycles. The van der Waals surface area contributed by atoms with Crippen molar-refractivity contribution in [3.8, 4) is 0 Å². The third-order valence-electron chi connectivity index (χ3n) is 4.62. The molecule has 1 amide bonds. The fourth-order valence-corrected chi connectivity index (χ4v) is 3.95. The number of rotatable bonds is 8. The van der Waals surface area contributed by atoms with Crippen molar-refractivity contribution in [3.05, 3.63) is 69.8 Å². The molecule has 0 spiro atoms. The molecular formula is C22H24N4O3S. The van der Waals surface area contributed by atoms with Crippen LogP contribution in [0.5, 0.6) is 0 Å². The third kappa shape index (κ3) is 5.28. The lowest BCUT2D eigenvalue weighted by molar-refractivity contribution is -0.384. The molecule has 7 nitrogen and oxygen atoms in total. The summed E-state index contributed by atoms with van der Waals surface area (Å²) in [5.41, 5.74) is 2.70. The van der Waals surface area contributed by atoms with E-state index in [1.807, 2.05) is 25.1 Å². The van der Waals surface area contributed by atoms with Crippen molar-refractivity contribution in [3.63, 3.8) is 0 Å². The minimum Gasteiger partial charge on any atom is -0.308 e. The summed E-state index contributed by atoms with van der Waals surface area (Å²) >= 11 is 1.50. The van der Waals surface area contributed by atoms with Gasteiger partial charge in [-0.25, -0.2) is 4.98 Å². The van der Waals surface area contributed by atoms with Crippen LogP contribution in [0.25, 0.3) is 16.3 Å². The van der Waals surface area contributed by atoms with E-state index >= 15 is 0 Å². The predicted octanol–water partition coefficient (Wildman–Crippen LogP) is 4.37.